The molecule has 2 aromatic rings. The predicted molar refractivity (Wildman–Crippen MR) is 76.0 cm³/mol. The van der Waals surface area contributed by atoms with Crippen molar-refractivity contribution in [2.75, 3.05) is 11.9 Å². The van der Waals surface area contributed by atoms with Crippen molar-refractivity contribution < 1.29 is 0 Å². The van der Waals surface area contributed by atoms with E-state index in [0.29, 0.717) is 17.4 Å². The predicted octanol–water partition coefficient (Wildman–Crippen LogP) is 2.22. The minimum absolute atomic E-state index is 0.0835. The Hall–Kier alpha value is -2.61. The van der Waals surface area contributed by atoms with E-state index < -0.39 is 0 Å². The number of hydrogen-bond donors (Lipinski definition) is 0. The Labute approximate surface area is 116 Å². The Morgan fingerprint density at radius 2 is 2.25 bits per heavy atom. The van der Waals surface area contributed by atoms with Crippen LogP contribution in [0, 0.1) is 11.3 Å². The molecule has 1 heterocycles. The van der Waals surface area contributed by atoms with Crippen LogP contribution in [0.3, 0.4) is 0 Å². The molecule has 0 atom stereocenters. The molecular formula is C15H14N4O. The van der Waals surface area contributed by atoms with Crippen molar-refractivity contribution in [3.8, 4) is 6.07 Å². The number of benzene rings is 1. The topological polar surface area (TPSA) is 61.9 Å². The summed E-state index contributed by atoms with van der Waals surface area (Å²) in [6.07, 6.45) is 5.50. The Kier molecular flexibility index (Phi) is 2.99. The molecule has 5 heteroatoms. The van der Waals surface area contributed by atoms with Gasteiger partial charge in [-0.1, -0.05) is 6.07 Å². The second-order valence-corrected chi connectivity index (χ2v) is 4.92. The van der Waals surface area contributed by atoms with Crippen LogP contribution in [-0.4, -0.2) is 16.6 Å². The zero-order valence-corrected chi connectivity index (χ0v) is 11.2. The Morgan fingerprint density at radius 1 is 1.45 bits per heavy atom. The molecule has 5 nitrogen and oxygen atoms in total. The average molecular weight is 266 g/mol. The summed E-state index contributed by atoms with van der Waals surface area (Å²) in [5.74, 6) is 0.384. The molecule has 0 saturated heterocycles. The van der Waals surface area contributed by atoms with Crippen molar-refractivity contribution in [3.63, 3.8) is 0 Å². The number of rotatable bonds is 3. The van der Waals surface area contributed by atoms with Gasteiger partial charge >= 0.3 is 0 Å². The third-order valence-electron chi connectivity index (χ3n) is 3.47. The van der Waals surface area contributed by atoms with Crippen molar-refractivity contribution in [3.05, 3.63) is 52.6 Å². The van der Waals surface area contributed by atoms with Crippen LogP contribution < -0.4 is 10.5 Å². The Bertz CT molecular complexity index is 740. The second kappa shape index (κ2) is 4.82. The zero-order chi connectivity index (χ0) is 14.1. The Balaban J connectivity index is 2.02. The van der Waals surface area contributed by atoms with Crippen molar-refractivity contribution in [2.45, 2.75) is 18.9 Å². The third kappa shape index (κ3) is 2.16. The normalized spacial score (nSPS) is 13.8. The molecule has 1 aliphatic rings. The van der Waals surface area contributed by atoms with Crippen LogP contribution in [0.5, 0.6) is 0 Å². The summed E-state index contributed by atoms with van der Waals surface area (Å²) in [5.41, 5.74) is 1.26. The van der Waals surface area contributed by atoms with E-state index in [2.05, 4.69) is 11.1 Å². The quantitative estimate of drug-likeness (QED) is 0.854. The zero-order valence-electron chi connectivity index (χ0n) is 11.2. The molecule has 0 aliphatic heterocycles. The van der Waals surface area contributed by atoms with E-state index in [1.54, 1.807) is 47.1 Å². The van der Waals surface area contributed by atoms with Gasteiger partial charge in [-0.2, -0.15) is 5.26 Å². The maximum atomic E-state index is 12.4. The van der Waals surface area contributed by atoms with Crippen molar-refractivity contribution in [1.82, 2.24) is 9.55 Å². The molecule has 0 radical (unpaired) electrons. The van der Waals surface area contributed by atoms with E-state index in [0.717, 1.165) is 18.5 Å². The van der Waals surface area contributed by atoms with Gasteiger partial charge in [0.1, 0.15) is 0 Å². The lowest BCUT2D eigenvalue weighted by molar-refractivity contribution is 0.697. The van der Waals surface area contributed by atoms with Gasteiger partial charge in [0, 0.05) is 31.2 Å². The van der Waals surface area contributed by atoms with Crippen molar-refractivity contribution in [2.24, 2.45) is 0 Å². The maximum Gasteiger partial charge on any atom is 0.294 e. The molecule has 0 bridgehead atoms. The van der Waals surface area contributed by atoms with Crippen LogP contribution in [0.25, 0.3) is 0 Å². The van der Waals surface area contributed by atoms with Gasteiger partial charge in [0.05, 0.1) is 11.6 Å². The molecule has 1 fully saturated rings. The van der Waals surface area contributed by atoms with Gasteiger partial charge in [-0.05, 0) is 31.0 Å². The summed E-state index contributed by atoms with van der Waals surface area (Å²) in [6.45, 7) is 0. The Morgan fingerprint density at radius 3 is 2.95 bits per heavy atom. The number of nitriles is 1. The number of aromatic nitrogens is 2. The van der Waals surface area contributed by atoms with Gasteiger partial charge in [0.2, 0.25) is 0 Å². The van der Waals surface area contributed by atoms with Gasteiger partial charge in [0.25, 0.3) is 5.56 Å². The molecular weight excluding hydrogens is 252 g/mol. The molecule has 0 N–H and O–H groups in total. The van der Waals surface area contributed by atoms with Crippen LogP contribution in [0.4, 0.5) is 11.5 Å². The minimum Gasteiger partial charge on any atom is -0.325 e. The molecule has 100 valence electrons. The lowest BCUT2D eigenvalue weighted by atomic mass is 10.2. The first kappa shape index (κ1) is 12.4. The maximum absolute atomic E-state index is 12.4. The SMILES string of the molecule is CN(c1cccc(C#N)c1)c1nccn(C2CC2)c1=O. The summed E-state index contributed by atoms with van der Waals surface area (Å²) < 4.78 is 1.74. The highest BCUT2D eigenvalue weighted by Crippen LogP contribution is 2.33. The lowest BCUT2D eigenvalue weighted by Gasteiger charge is -2.18. The first-order chi connectivity index (χ1) is 9.70. The molecule has 20 heavy (non-hydrogen) atoms. The van der Waals surface area contributed by atoms with Crippen molar-refractivity contribution in [1.29, 1.82) is 5.26 Å². The van der Waals surface area contributed by atoms with Crippen LogP contribution in [-0.2, 0) is 0 Å². The fourth-order valence-corrected chi connectivity index (χ4v) is 2.19. The van der Waals surface area contributed by atoms with Gasteiger partial charge in [-0.25, -0.2) is 4.98 Å². The summed E-state index contributed by atoms with van der Waals surface area (Å²) in [5, 5.41) is 8.94. The summed E-state index contributed by atoms with van der Waals surface area (Å²) >= 11 is 0. The average Bonchev–Trinajstić information content (AvgIpc) is 3.31. The van der Waals surface area contributed by atoms with E-state index >= 15 is 0 Å². The van der Waals surface area contributed by atoms with Gasteiger partial charge in [-0.3, -0.25) is 4.79 Å². The summed E-state index contributed by atoms with van der Waals surface area (Å²) in [7, 11) is 1.79. The first-order valence-corrected chi connectivity index (χ1v) is 6.52. The highest BCUT2D eigenvalue weighted by Gasteiger charge is 2.26. The molecule has 0 unspecified atom stereocenters. The van der Waals surface area contributed by atoms with Crippen LogP contribution in [0.2, 0.25) is 0 Å². The molecule has 1 aliphatic carbocycles. The number of hydrogen-bond acceptors (Lipinski definition) is 4. The molecule has 1 saturated carbocycles. The van der Waals surface area contributed by atoms with Crippen LogP contribution >= 0.6 is 0 Å². The van der Waals surface area contributed by atoms with E-state index in [1.807, 2.05) is 6.07 Å². The standard InChI is InChI=1S/C15H14N4O/c1-18(13-4-2-3-11(9-13)10-16)14-15(20)19(8-7-17-14)12-5-6-12/h2-4,7-9,12H,5-6H2,1H3. The van der Waals surface area contributed by atoms with Crippen LogP contribution in [0.1, 0.15) is 24.4 Å². The van der Waals surface area contributed by atoms with Gasteiger partial charge in [0.15, 0.2) is 5.82 Å². The third-order valence-corrected chi connectivity index (χ3v) is 3.47. The lowest BCUT2D eigenvalue weighted by Crippen LogP contribution is -2.27. The van der Waals surface area contributed by atoms with Gasteiger partial charge in [-0.15, -0.1) is 0 Å². The highest BCUT2D eigenvalue weighted by molar-refractivity contribution is 5.60. The van der Waals surface area contributed by atoms with E-state index in [1.165, 1.54) is 0 Å². The van der Waals surface area contributed by atoms with E-state index in [-0.39, 0.29) is 5.56 Å². The first-order valence-electron chi connectivity index (χ1n) is 6.52. The fourth-order valence-electron chi connectivity index (χ4n) is 2.19. The van der Waals surface area contributed by atoms with Gasteiger partial charge < -0.3 is 9.47 Å². The smallest absolute Gasteiger partial charge is 0.294 e. The van der Waals surface area contributed by atoms with E-state index in [4.69, 9.17) is 5.26 Å². The molecule has 0 spiro atoms. The number of anilines is 2. The monoisotopic (exact) mass is 266 g/mol. The highest BCUT2D eigenvalue weighted by atomic mass is 16.1. The number of nitrogens with zero attached hydrogens (tertiary/aromatic N) is 4. The fraction of sp³-hybridized carbons (Fsp3) is 0.267. The largest absolute Gasteiger partial charge is 0.325 e. The summed E-state index contributed by atoms with van der Waals surface area (Å²) in [4.78, 5) is 18.3. The second-order valence-electron chi connectivity index (χ2n) is 4.92. The summed E-state index contributed by atoms with van der Waals surface area (Å²) in [6, 6.07) is 9.56. The van der Waals surface area contributed by atoms with E-state index in [9.17, 15) is 4.79 Å². The molecule has 3 rings (SSSR count). The minimum atomic E-state index is -0.0835. The molecule has 1 aromatic heterocycles. The molecule has 1 aromatic carbocycles. The molecule has 0 amide bonds. The van der Waals surface area contributed by atoms with Crippen molar-refractivity contribution >= 4 is 11.5 Å². The van der Waals surface area contributed by atoms with Crippen LogP contribution in [0.15, 0.2) is 41.5 Å².